The van der Waals surface area contributed by atoms with Crippen LogP contribution in [0.3, 0.4) is 0 Å². The van der Waals surface area contributed by atoms with Crippen LogP contribution in [0.2, 0.25) is 5.02 Å². The monoisotopic (exact) mass is 1290 g/mol. The lowest BCUT2D eigenvalue weighted by Gasteiger charge is -2.36. The predicted molar refractivity (Wildman–Crippen MR) is 295 cm³/mol. The van der Waals surface area contributed by atoms with Crippen molar-refractivity contribution < 1.29 is 88.5 Å². The second-order valence-electron chi connectivity index (χ2n) is 23.5. The minimum absolute atomic E-state index is 0.0188. The number of sulfone groups is 1. The smallest absolute Gasteiger partial charge is 0.346 e. The van der Waals surface area contributed by atoms with Gasteiger partial charge in [0.15, 0.2) is 21.3 Å². The van der Waals surface area contributed by atoms with E-state index in [9.17, 15) is 66.1 Å². The molecule has 0 unspecified atom stereocenters. The molecule has 3 heterocycles. The molecule has 3 amide bonds. The van der Waals surface area contributed by atoms with E-state index in [0.717, 1.165) is 56.5 Å². The fourth-order valence-corrected chi connectivity index (χ4v) is 12.4. The van der Waals surface area contributed by atoms with E-state index in [0.29, 0.717) is 12.3 Å². The van der Waals surface area contributed by atoms with Gasteiger partial charge in [-0.1, -0.05) is 37.4 Å². The van der Waals surface area contributed by atoms with Crippen LogP contribution in [0.1, 0.15) is 129 Å². The first-order chi connectivity index (χ1) is 38.3. The first kappa shape index (κ1) is 68.3. The summed E-state index contributed by atoms with van der Waals surface area (Å²) in [5.74, 6) is -6.75. The van der Waals surface area contributed by atoms with Gasteiger partial charge >= 0.3 is 26.2 Å². The molecular weight excluding hydrogens is 1230 g/mol. The van der Waals surface area contributed by atoms with E-state index in [-0.39, 0.29) is 30.5 Å². The summed E-state index contributed by atoms with van der Waals surface area (Å²) in [4.78, 5) is 33.3. The van der Waals surface area contributed by atoms with Crippen LogP contribution in [-0.2, 0) is 74.4 Å². The first-order valence-electron chi connectivity index (χ1n) is 25.6. The van der Waals surface area contributed by atoms with Crippen LogP contribution in [0.15, 0.2) is 42.5 Å². The number of urea groups is 1. The molecule has 0 spiro atoms. The highest BCUT2D eigenvalue weighted by molar-refractivity contribution is 7.93. The average molecular weight is 1290 g/mol. The number of rotatable bonds is 17. The van der Waals surface area contributed by atoms with Crippen molar-refractivity contribution in [3.05, 3.63) is 93.0 Å². The second kappa shape index (κ2) is 23.4. The van der Waals surface area contributed by atoms with Gasteiger partial charge in [-0.3, -0.25) is 27.7 Å². The van der Waals surface area contributed by atoms with Crippen molar-refractivity contribution in [2.24, 2.45) is 5.92 Å². The molecule has 0 bridgehead atoms. The van der Waals surface area contributed by atoms with Gasteiger partial charge in [0, 0.05) is 41.5 Å². The summed E-state index contributed by atoms with van der Waals surface area (Å²) in [6.07, 6.45) is -9.87. The molecule has 6 rings (SSSR count). The van der Waals surface area contributed by atoms with Gasteiger partial charge in [0.1, 0.15) is 40.9 Å². The molecule has 0 aliphatic heterocycles. The quantitative estimate of drug-likeness (QED) is 0.0503. The topological polar surface area (TPSA) is 223 Å². The van der Waals surface area contributed by atoms with E-state index < -0.39 is 185 Å². The molecule has 0 radical (unpaired) electrons. The van der Waals surface area contributed by atoms with Crippen molar-refractivity contribution >= 4 is 67.9 Å². The summed E-state index contributed by atoms with van der Waals surface area (Å²) in [6.45, 7) is 12.4. The summed E-state index contributed by atoms with van der Waals surface area (Å²) in [6, 6.07) is 3.02. The summed E-state index contributed by atoms with van der Waals surface area (Å²) in [5.41, 5.74) is -10.4. The maximum Gasteiger partial charge on any atom is 0.476 e. The molecule has 468 valence electrons. The molecule has 3 atom stereocenters. The third-order valence-corrected chi connectivity index (χ3v) is 18.5. The third kappa shape index (κ3) is 16.0. The number of alkyl halides is 8. The van der Waals surface area contributed by atoms with Crippen molar-refractivity contribution in [1.29, 1.82) is 0 Å². The lowest BCUT2D eigenvalue weighted by molar-refractivity contribution is -0.143. The molecule has 1 aliphatic carbocycles. The molecular formula is C53H62ClF10N8O10PS2. The Hall–Kier alpha value is -5.83. The van der Waals surface area contributed by atoms with E-state index in [1.54, 1.807) is 41.5 Å². The molecule has 18 nitrogen and oxygen atoms in total. The maximum absolute atomic E-state index is 15.9. The van der Waals surface area contributed by atoms with Crippen LogP contribution in [0.5, 0.6) is 0 Å². The van der Waals surface area contributed by atoms with Crippen LogP contribution >= 0.6 is 19.4 Å². The number of halogens is 11. The van der Waals surface area contributed by atoms with Gasteiger partial charge in [-0.2, -0.15) is 49.6 Å². The Balaban J connectivity index is 1.61. The minimum Gasteiger partial charge on any atom is -0.346 e. The van der Waals surface area contributed by atoms with Crippen LogP contribution in [0, 0.1) is 29.4 Å². The Morgan fingerprint density at radius 3 is 1.92 bits per heavy atom. The fourth-order valence-electron chi connectivity index (χ4n) is 9.00. The van der Waals surface area contributed by atoms with Gasteiger partial charge in [0.2, 0.25) is 15.9 Å². The lowest BCUT2D eigenvalue weighted by atomic mass is 9.93. The number of hydrogen-bond donors (Lipinski definition) is 2. The number of fused-ring (bicyclic) bond motifs is 2. The van der Waals surface area contributed by atoms with E-state index in [1.165, 1.54) is 27.7 Å². The Labute approximate surface area is 489 Å². The van der Waals surface area contributed by atoms with Crippen LogP contribution in [-0.4, -0.2) is 100 Å². The van der Waals surface area contributed by atoms with Crippen molar-refractivity contribution in [3.8, 4) is 23.0 Å². The summed E-state index contributed by atoms with van der Waals surface area (Å²) in [5, 5.41) is 10.9. The van der Waals surface area contributed by atoms with Crippen molar-refractivity contribution in [2.45, 2.75) is 154 Å². The van der Waals surface area contributed by atoms with Crippen molar-refractivity contribution in [3.63, 3.8) is 0 Å². The zero-order valence-corrected chi connectivity index (χ0v) is 51.6. The molecule has 85 heavy (non-hydrogen) atoms. The number of amides is 3. The number of phosphoric acid groups is 1. The molecule has 3 aromatic heterocycles. The number of nitrogens with one attached hydrogen (secondary N) is 2. The van der Waals surface area contributed by atoms with Gasteiger partial charge < -0.3 is 10.6 Å². The van der Waals surface area contributed by atoms with Crippen LogP contribution in [0.25, 0.3) is 22.0 Å². The van der Waals surface area contributed by atoms with Gasteiger partial charge in [-0.25, -0.2) is 40.0 Å². The Morgan fingerprint density at radius 2 is 1.40 bits per heavy atom. The van der Waals surface area contributed by atoms with E-state index in [4.69, 9.17) is 25.2 Å². The third-order valence-electron chi connectivity index (χ3n) is 13.0. The summed E-state index contributed by atoms with van der Waals surface area (Å²) >= 11 is 6.76. The number of anilines is 1. The van der Waals surface area contributed by atoms with Gasteiger partial charge in [-0.15, -0.1) is 0 Å². The van der Waals surface area contributed by atoms with E-state index in [1.807, 2.05) is 0 Å². The van der Waals surface area contributed by atoms with Crippen LogP contribution in [0.4, 0.5) is 54.5 Å². The molecule has 2 aromatic carbocycles. The Kier molecular flexibility index (Phi) is 18.8. The fraction of sp³-hybridized carbons (Fsp3) is 0.528. The highest BCUT2D eigenvalue weighted by Gasteiger charge is 2.58. The van der Waals surface area contributed by atoms with Crippen molar-refractivity contribution in [1.82, 2.24) is 35.2 Å². The second-order valence-corrected chi connectivity index (χ2v) is 29.8. The number of aromatic nitrogens is 5. The number of carbonyl (C=O) groups is 2. The van der Waals surface area contributed by atoms with Crippen LogP contribution < -0.4 is 14.9 Å². The molecule has 32 heteroatoms. The highest BCUT2D eigenvalue weighted by Crippen LogP contribution is 2.58. The first-order valence-corrected chi connectivity index (χ1v) is 31.2. The summed E-state index contributed by atoms with van der Waals surface area (Å²) < 4.78 is 233. The van der Waals surface area contributed by atoms with Gasteiger partial charge in [0.05, 0.1) is 50.7 Å². The van der Waals surface area contributed by atoms with Crippen molar-refractivity contribution in [2.75, 3.05) is 23.4 Å². The number of nitrogens with zero attached hydrogens (tertiary/aromatic N) is 6. The number of sulfonamides is 1. The predicted octanol–water partition coefficient (Wildman–Crippen LogP) is 11.9. The lowest BCUT2D eigenvalue weighted by Crippen LogP contribution is -2.49. The number of phosphoric ester groups is 1. The summed E-state index contributed by atoms with van der Waals surface area (Å²) in [7, 11) is -13.5. The Bertz CT molecular complexity index is 3750. The number of pyridine rings is 1. The maximum atomic E-state index is 15.9. The molecule has 1 aliphatic rings. The minimum atomic E-state index is -5.29. The standard InChI is InChI=1S/C53H62ClF10N8O10PS2/c1-28-29(2)52(60,61)44-39(28)43(53(62,63)64)68-70(44)25-38(73)67-37(23-30-21-31(55)24-32(56)22-30)41-34(16-15-33(66-41)19-20-50(11,12)84(13,76)77)35-17-18-36(54)40-42(35)71(27-51(57,58)59)69-45(40)72(85(14,78)79)46(74)65-26-49(9,10)82-83(75,80-47(3,4)5)81-48(6,7)8/h15-18,21-22,24,28-29,37H,23,25-27H2,1-14H3,(H,65,74)(H,67,73)/t28-,29+,37-/m0/s1. The number of benzene rings is 2. The van der Waals surface area contributed by atoms with Gasteiger partial charge in [-0.05, 0) is 123 Å². The zero-order chi connectivity index (χ0) is 64.6. The molecule has 0 saturated carbocycles. The van der Waals surface area contributed by atoms with E-state index >= 15 is 8.78 Å². The molecule has 0 saturated heterocycles. The normalized spacial score (nSPS) is 16.7. The molecule has 5 aromatic rings. The Morgan fingerprint density at radius 1 is 0.835 bits per heavy atom. The molecule has 0 fully saturated rings. The van der Waals surface area contributed by atoms with Gasteiger partial charge in [0.25, 0.3) is 5.92 Å². The average Bonchev–Trinajstić information content (AvgIpc) is 1.61. The highest BCUT2D eigenvalue weighted by atomic mass is 35.5. The SMILES string of the molecule is C[C@@H]1c2c(C(F)(F)F)nn(CC(=O)N[C@@H](Cc3cc(F)cc(F)c3)c3nc(C#CC(C)(C)S(C)(=O)=O)ccc3-c3ccc(Cl)c4c(N(C(=O)NCC(C)(C)OP(=O)(OC(C)(C)C)OC(C)(C)C)S(C)(=O)=O)nn(CC(F)(F)F)c34)c2C(F)(F)[C@@H]1C. The number of hydrogen-bond acceptors (Lipinski definition) is 13. The van der Waals surface area contributed by atoms with E-state index in [2.05, 4.69) is 37.7 Å². The number of carbonyl (C=O) groups excluding carboxylic acids is 2. The molecule has 2 N–H and O–H groups in total. The zero-order valence-electron chi connectivity index (χ0n) is 48.3. The largest absolute Gasteiger partial charge is 0.476 e.